The number of carbonyl (C=O) groups excluding carboxylic acids is 2. The van der Waals surface area contributed by atoms with Gasteiger partial charge in [-0.1, -0.05) is 30.3 Å². The first kappa shape index (κ1) is 11.6. The van der Waals surface area contributed by atoms with Crippen LogP contribution in [0.3, 0.4) is 0 Å². The lowest BCUT2D eigenvalue weighted by Crippen LogP contribution is -2.29. The van der Waals surface area contributed by atoms with E-state index in [4.69, 9.17) is 4.74 Å². The lowest BCUT2D eigenvalue weighted by molar-refractivity contribution is -0.110. The van der Waals surface area contributed by atoms with Crippen LogP contribution in [0.1, 0.15) is 12.0 Å². The molecule has 17 heavy (non-hydrogen) atoms. The number of hydrogen-bond acceptors (Lipinski definition) is 3. The van der Waals surface area contributed by atoms with Crippen molar-refractivity contribution in [1.82, 2.24) is 4.90 Å². The van der Waals surface area contributed by atoms with Crippen molar-refractivity contribution >= 4 is 12.4 Å². The number of amides is 1. The maximum absolute atomic E-state index is 11.7. The van der Waals surface area contributed by atoms with Crippen LogP contribution < -0.4 is 0 Å². The fraction of sp³-hybridized carbons (Fsp3) is 0.385. The van der Waals surface area contributed by atoms with Gasteiger partial charge >= 0.3 is 6.09 Å². The van der Waals surface area contributed by atoms with Gasteiger partial charge in [-0.15, -0.1) is 0 Å². The number of hydrogen-bond donors (Lipinski definition) is 0. The van der Waals surface area contributed by atoms with E-state index in [9.17, 15) is 9.59 Å². The number of ether oxygens (including phenoxy) is 1. The quantitative estimate of drug-likeness (QED) is 0.748. The van der Waals surface area contributed by atoms with Gasteiger partial charge in [-0.05, 0) is 12.0 Å². The van der Waals surface area contributed by atoms with E-state index in [-0.39, 0.29) is 18.6 Å². The van der Waals surface area contributed by atoms with Gasteiger partial charge in [0.15, 0.2) is 0 Å². The minimum Gasteiger partial charge on any atom is -0.445 e. The van der Waals surface area contributed by atoms with Crippen LogP contribution in [-0.2, 0) is 16.1 Å². The molecular formula is C13H15NO3. The van der Waals surface area contributed by atoms with Gasteiger partial charge in [-0.25, -0.2) is 4.79 Å². The number of carbonyl (C=O) groups is 2. The molecule has 0 unspecified atom stereocenters. The zero-order valence-corrected chi connectivity index (χ0v) is 9.54. The minimum absolute atomic E-state index is 0.0284. The molecule has 1 heterocycles. The molecule has 0 aromatic heterocycles. The molecule has 2 rings (SSSR count). The molecule has 0 N–H and O–H groups in total. The number of nitrogens with zero attached hydrogens (tertiary/aromatic N) is 1. The van der Waals surface area contributed by atoms with Gasteiger partial charge in [-0.2, -0.15) is 0 Å². The molecule has 1 amide bonds. The topological polar surface area (TPSA) is 46.6 Å². The summed E-state index contributed by atoms with van der Waals surface area (Å²) in [5.74, 6) is -0.0284. The first-order valence-corrected chi connectivity index (χ1v) is 5.70. The zero-order chi connectivity index (χ0) is 12.1. The molecule has 0 saturated carbocycles. The first-order chi connectivity index (χ1) is 8.29. The lowest BCUT2D eigenvalue weighted by atomic mass is 10.1. The summed E-state index contributed by atoms with van der Waals surface area (Å²) >= 11 is 0. The summed E-state index contributed by atoms with van der Waals surface area (Å²) in [6.07, 6.45) is 1.31. The van der Waals surface area contributed by atoms with E-state index in [0.717, 1.165) is 18.3 Å². The monoisotopic (exact) mass is 233 g/mol. The van der Waals surface area contributed by atoms with E-state index in [0.29, 0.717) is 13.1 Å². The SMILES string of the molecule is O=C[C@@H]1CCN(C(=O)OCc2ccccc2)C1. The van der Waals surface area contributed by atoms with Gasteiger partial charge < -0.3 is 14.4 Å². The lowest BCUT2D eigenvalue weighted by Gasteiger charge is -2.15. The maximum Gasteiger partial charge on any atom is 0.410 e. The van der Waals surface area contributed by atoms with Gasteiger partial charge in [0, 0.05) is 19.0 Å². The number of rotatable bonds is 3. The van der Waals surface area contributed by atoms with Gasteiger partial charge in [0.25, 0.3) is 0 Å². The van der Waals surface area contributed by atoms with Gasteiger partial charge in [0.1, 0.15) is 12.9 Å². The fourth-order valence-corrected chi connectivity index (χ4v) is 1.87. The van der Waals surface area contributed by atoms with Crippen molar-refractivity contribution in [3.8, 4) is 0 Å². The molecule has 0 spiro atoms. The van der Waals surface area contributed by atoms with Crippen LogP contribution in [-0.4, -0.2) is 30.4 Å². The van der Waals surface area contributed by atoms with Crippen LogP contribution in [0, 0.1) is 5.92 Å². The third kappa shape index (κ3) is 3.06. The van der Waals surface area contributed by atoms with E-state index in [1.165, 1.54) is 0 Å². The third-order valence-corrected chi connectivity index (χ3v) is 2.88. The summed E-state index contributed by atoms with van der Waals surface area (Å²) in [5, 5.41) is 0. The van der Waals surface area contributed by atoms with Gasteiger partial charge in [-0.3, -0.25) is 0 Å². The number of benzene rings is 1. The van der Waals surface area contributed by atoms with Crippen LogP contribution in [0.2, 0.25) is 0 Å². The highest BCUT2D eigenvalue weighted by atomic mass is 16.6. The van der Waals surface area contributed by atoms with E-state index in [1.807, 2.05) is 30.3 Å². The summed E-state index contributed by atoms with van der Waals surface area (Å²) in [6.45, 7) is 1.37. The van der Waals surface area contributed by atoms with Crippen molar-refractivity contribution in [2.45, 2.75) is 13.0 Å². The predicted molar refractivity (Wildman–Crippen MR) is 62.4 cm³/mol. The molecule has 1 aromatic carbocycles. The summed E-state index contributed by atoms with van der Waals surface area (Å²) in [7, 11) is 0. The Kier molecular flexibility index (Phi) is 3.75. The second-order valence-electron chi connectivity index (χ2n) is 4.17. The van der Waals surface area contributed by atoms with Crippen molar-refractivity contribution in [3.05, 3.63) is 35.9 Å². The Morgan fingerprint density at radius 2 is 2.18 bits per heavy atom. The van der Waals surface area contributed by atoms with Crippen LogP contribution in [0.4, 0.5) is 4.79 Å². The molecule has 90 valence electrons. The Labute approximate surface area is 100 Å². The maximum atomic E-state index is 11.7. The fourth-order valence-electron chi connectivity index (χ4n) is 1.87. The zero-order valence-electron chi connectivity index (χ0n) is 9.54. The first-order valence-electron chi connectivity index (χ1n) is 5.70. The van der Waals surface area contributed by atoms with Gasteiger partial charge in [0.2, 0.25) is 0 Å². The largest absolute Gasteiger partial charge is 0.445 e. The average Bonchev–Trinajstić information content (AvgIpc) is 2.86. The molecule has 1 atom stereocenters. The molecule has 1 fully saturated rings. The molecule has 0 radical (unpaired) electrons. The molecule has 4 nitrogen and oxygen atoms in total. The second-order valence-corrected chi connectivity index (χ2v) is 4.17. The molecular weight excluding hydrogens is 218 g/mol. The Morgan fingerprint density at radius 1 is 1.41 bits per heavy atom. The highest BCUT2D eigenvalue weighted by Crippen LogP contribution is 2.15. The smallest absolute Gasteiger partial charge is 0.410 e. The van der Waals surface area contributed by atoms with Crippen LogP contribution >= 0.6 is 0 Å². The Hall–Kier alpha value is -1.84. The molecule has 0 bridgehead atoms. The van der Waals surface area contributed by atoms with Crippen molar-refractivity contribution in [3.63, 3.8) is 0 Å². The Bertz CT molecular complexity index is 391. The Balaban J connectivity index is 1.80. The molecule has 0 aliphatic carbocycles. The van der Waals surface area contributed by atoms with Gasteiger partial charge in [0.05, 0.1) is 0 Å². The molecule has 1 aliphatic rings. The number of aldehydes is 1. The third-order valence-electron chi connectivity index (χ3n) is 2.88. The Morgan fingerprint density at radius 3 is 2.82 bits per heavy atom. The minimum atomic E-state index is -0.335. The van der Waals surface area contributed by atoms with E-state index in [1.54, 1.807) is 4.90 Å². The van der Waals surface area contributed by atoms with E-state index >= 15 is 0 Å². The normalized spacial score (nSPS) is 19.1. The average molecular weight is 233 g/mol. The van der Waals surface area contributed by atoms with Crippen molar-refractivity contribution < 1.29 is 14.3 Å². The standard InChI is InChI=1S/C13H15NO3/c15-9-12-6-7-14(8-12)13(16)17-10-11-4-2-1-3-5-11/h1-5,9,12H,6-8,10H2/t12-/m1/s1. The van der Waals surface area contributed by atoms with Crippen molar-refractivity contribution in [2.24, 2.45) is 5.92 Å². The van der Waals surface area contributed by atoms with Crippen LogP contribution in [0.5, 0.6) is 0 Å². The molecule has 1 saturated heterocycles. The van der Waals surface area contributed by atoms with Crippen molar-refractivity contribution in [2.75, 3.05) is 13.1 Å². The predicted octanol–water partition coefficient (Wildman–Crippen LogP) is 1.84. The second kappa shape index (κ2) is 5.48. The highest BCUT2D eigenvalue weighted by molar-refractivity contribution is 5.69. The van der Waals surface area contributed by atoms with E-state index in [2.05, 4.69) is 0 Å². The molecule has 4 heteroatoms. The van der Waals surface area contributed by atoms with Crippen molar-refractivity contribution in [1.29, 1.82) is 0 Å². The highest BCUT2D eigenvalue weighted by Gasteiger charge is 2.26. The van der Waals surface area contributed by atoms with E-state index < -0.39 is 0 Å². The summed E-state index contributed by atoms with van der Waals surface area (Å²) in [4.78, 5) is 23.8. The molecule has 1 aliphatic heterocycles. The molecule has 1 aromatic rings. The van der Waals surface area contributed by atoms with Crippen LogP contribution in [0.25, 0.3) is 0 Å². The van der Waals surface area contributed by atoms with Crippen LogP contribution in [0.15, 0.2) is 30.3 Å². The summed E-state index contributed by atoms with van der Waals surface area (Å²) in [6, 6.07) is 9.54. The summed E-state index contributed by atoms with van der Waals surface area (Å²) < 4.78 is 5.18. The summed E-state index contributed by atoms with van der Waals surface area (Å²) in [5.41, 5.74) is 0.965. The number of likely N-dealkylation sites (tertiary alicyclic amines) is 1.